The molecule has 3 nitrogen and oxygen atoms in total. The highest BCUT2D eigenvalue weighted by molar-refractivity contribution is 5.65. The fourth-order valence-corrected chi connectivity index (χ4v) is 1.67. The van der Waals surface area contributed by atoms with Crippen molar-refractivity contribution >= 4 is 5.69 Å². The molecule has 2 aromatic rings. The zero-order valence-corrected chi connectivity index (χ0v) is 10.2. The van der Waals surface area contributed by atoms with Gasteiger partial charge < -0.3 is 5.32 Å². The number of hydrogen-bond acceptors (Lipinski definition) is 2. The molecule has 0 atom stereocenters. The van der Waals surface area contributed by atoms with Crippen LogP contribution >= 0.6 is 0 Å². The van der Waals surface area contributed by atoms with Crippen molar-refractivity contribution in [3.05, 3.63) is 36.4 Å². The van der Waals surface area contributed by atoms with E-state index in [9.17, 15) is 4.39 Å². The zero-order valence-electron chi connectivity index (χ0n) is 10.2. The third-order valence-electron chi connectivity index (χ3n) is 2.70. The number of hydrogen-bond donors (Lipinski definition) is 1. The van der Waals surface area contributed by atoms with Gasteiger partial charge in [0.25, 0.3) is 0 Å². The maximum Gasteiger partial charge on any atom is 0.146 e. The van der Waals surface area contributed by atoms with Gasteiger partial charge in [0.1, 0.15) is 5.82 Å². The van der Waals surface area contributed by atoms with Crippen LogP contribution in [0.4, 0.5) is 10.1 Å². The molecule has 1 aromatic carbocycles. The first kappa shape index (κ1) is 11.6. The summed E-state index contributed by atoms with van der Waals surface area (Å²) in [5.41, 5.74) is 2.28. The molecule has 0 radical (unpaired) electrons. The molecule has 0 saturated heterocycles. The Morgan fingerprint density at radius 2 is 2.06 bits per heavy atom. The lowest BCUT2D eigenvalue weighted by Gasteiger charge is -2.05. The topological polar surface area (TPSA) is 29.9 Å². The highest BCUT2D eigenvalue weighted by atomic mass is 19.1. The summed E-state index contributed by atoms with van der Waals surface area (Å²) in [7, 11) is 1.70. The van der Waals surface area contributed by atoms with E-state index in [-0.39, 0.29) is 5.82 Å². The third-order valence-corrected chi connectivity index (χ3v) is 2.70. The standard InChI is InChI=1S/C13H16FN3/c1-9(2)17-8-11(7-16-17)10-4-5-13(15-3)12(14)6-10/h4-9,15H,1-3H3. The largest absolute Gasteiger partial charge is 0.386 e. The van der Waals surface area contributed by atoms with Crippen molar-refractivity contribution in [3.8, 4) is 11.1 Å². The van der Waals surface area contributed by atoms with Crippen LogP contribution in [0.3, 0.4) is 0 Å². The molecule has 0 saturated carbocycles. The summed E-state index contributed by atoms with van der Waals surface area (Å²) in [5.74, 6) is -0.248. The number of halogens is 1. The second-order valence-electron chi connectivity index (χ2n) is 4.25. The van der Waals surface area contributed by atoms with Gasteiger partial charge in [-0.3, -0.25) is 4.68 Å². The number of anilines is 1. The van der Waals surface area contributed by atoms with Crippen molar-refractivity contribution in [2.24, 2.45) is 0 Å². The van der Waals surface area contributed by atoms with E-state index in [2.05, 4.69) is 24.3 Å². The van der Waals surface area contributed by atoms with Gasteiger partial charge in [-0.05, 0) is 31.5 Å². The van der Waals surface area contributed by atoms with Gasteiger partial charge in [0.15, 0.2) is 0 Å². The van der Waals surface area contributed by atoms with Crippen molar-refractivity contribution < 1.29 is 4.39 Å². The Bertz CT molecular complexity index is 517. The summed E-state index contributed by atoms with van der Waals surface area (Å²) in [6.45, 7) is 4.11. The van der Waals surface area contributed by atoms with E-state index in [1.54, 1.807) is 19.3 Å². The van der Waals surface area contributed by atoms with Gasteiger partial charge in [-0.1, -0.05) is 6.07 Å². The Labute approximate surface area is 100 Å². The third kappa shape index (κ3) is 2.30. The Kier molecular flexibility index (Phi) is 3.13. The van der Waals surface area contributed by atoms with Crippen molar-refractivity contribution in [2.75, 3.05) is 12.4 Å². The average Bonchev–Trinajstić information content (AvgIpc) is 2.78. The molecular weight excluding hydrogens is 217 g/mol. The van der Waals surface area contributed by atoms with Crippen LogP contribution in [0, 0.1) is 5.82 Å². The van der Waals surface area contributed by atoms with Gasteiger partial charge in [0.2, 0.25) is 0 Å². The first-order valence-electron chi connectivity index (χ1n) is 5.63. The van der Waals surface area contributed by atoms with Gasteiger partial charge in [-0.15, -0.1) is 0 Å². The van der Waals surface area contributed by atoms with E-state index in [0.717, 1.165) is 11.1 Å². The molecule has 0 amide bonds. The van der Waals surface area contributed by atoms with Gasteiger partial charge in [-0.25, -0.2) is 4.39 Å². The van der Waals surface area contributed by atoms with E-state index < -0.39 is 0 Å². The smallest absolute Gasteiger partial charge is 0.146 e. The Hall–Kier alpha value is -1.84. The maximum atomic E-state index is 13.6. The average molecular weight is 233 g/mol. The fraction of sp³-hybridized carbons (Fsp3) is 0.308. The predicted octanol–water partition coefficient (Wildman–Crippen LogP) is 3.31. The second kappa shape index (κ2) is 4.57. The van der Waals surface area contributed by atoms with Crippen LogP contribution in [0.25, 0.3) is 11.1 Å². The summed E-state index contributed by atoms with van der Waals surface area (Å²) in [4.78, 5) is 0. The summed E-state index contributed by atoms with van der Waals surface area (Å²) >= 11 is 0. The quantitative estimate of drug-likeness (QED) is 0.881. The highest BCUT2D eigenvalue weighted by Crippen LogP contribution is 2.24. The minimum atomic E-state index is -0.248. The van der Waals surface area contributed by atoms with E-state index >= 15 is 0 Å². The zero-order chi connectivity index (χ0) is 12.4. The summed E-state index contributed by atoms with van der Waals surface area (Å²) < 4.78 is 15.5. The van der Waals surface area contributed by atoms with Gasteiger partial charge in [-0.2, -0.15) is 5.10 Å². The molecule has 4 heteroatoms. The van der Waals surface area contributed by atoms with Crippen LogP contribution < -0.4 is 5.32 Å². The van der Waals surface area contributed by atoms with Crippen LogP contribution in [0.5, 0.6) is 0 Å². The van der Waals surface area contributed by atoms with E-state index in [1.165, 1.54) is 6.07 Å². The SMILES string of the molecule is CNc1ccc(-c2cnn(C(C)C)c2)cc1F. The fourth-order valence-electron chi connectivity index (χ4n) is 1.67. The molecule has 90 valence electrons. The number of rotatable bonds is 3. The molecule has 17 heavy (non-hydrogen) atoms. The van der Waals surface area contributed by atoms with Crippen LogP contribution in [0.2, 0.25) is 0 Å². The monoisotopic (exact) mass is 233 g/mol. The van der Waals surface area contributed by atoms with E-state index in [0.29, 0.717) is 11.7 Å². The molecule has 0 unspecified atom stereocenters. The second-order valence-corrected chi connectivity index (χ2v) is 4.25. The molecule has 0 spiro atoms. The highest BCUT2D eigenvalue weighted by Gasteiger charge is 2.07. The molecular formula is C13H16FN3. The molecule has 0 fully saturated rings. The first-order valence-corrected chi connectivity index (χ1v) is 5.63. The summed E-state index contributed by atoms with van der Waals surface area (Å²) in [5, 5.41) is 7.04. The van der Waals surface area contributed by atoms with E-state index in [4.69, 9.17) is 0 Å². The minimum absolute atomic E-state index is 0.248. The number of aromatic nitrogens is 2. The lowest BCUT2D eigenvalue weighted by atomic mass is 10.1. The number of nitrogens with one attached hydrogen (secondary N) is 1. The molecule has 0 aliphatic rings. The van der Waals surface area contributed by atoms with Crippen molar-refractivity contribution in [1.82, 2.24) is 9.78 Å². The number of nitrogens with zero attached hydrogens (tertiary/aromatic N) is 2. The molecule has 1 heterocycles. The molecule has 0 aliphatic heterocycles. The normalized spacial score (nSPS) is 10.9. The van der Waals surface area contributed by atoms with E-state index in [1.807, 2.05) is 16.9 Å². The van der Waals surface area contributed by atoms with Crippen LogP contribution in [-0.2, 0) is 0 Å². The van der Waals surface area contributed by atoms with Crippen LogP contribution in [-0.4, -0.2) is 16.8 Å². The van der Waals surface area contributed by atoms with Gasteiger partial charge >= 0.3 is 0 Å². The van der Waals surface area contributed by atoms with Crippen LogP contribution in [0.1, 0.15) is 19.9 Å². The Morgan fingerprint density at radius 1 is 1.29 bits per heavy atom. The van der Waals surface area contributed by atoms with Crippen molar-refractivity contribution in [1.29, 1.82) is 0 Å². The molecule has 1 aromatic heterocycles. The summed E-state index contributed by atoms with van der Waals surface area (Å²) in [6, 6.07) is 5.45. The molecule has 1 N–H and O–H groups in total. The summed E-state index contributed by atoms with van der Waals surface area (Å²) in [6.07, 6.45) is 3.69. The molecule has 0 bridgehead atoms. The number of benzene rings is 1. The lowest BCUT2D eigenvalue weighted by Crippen LogP contribution is -1.99. The van der Waals surface area contributed by atoms with Gasteiger partial charge in [0.05, 0.1) is 11.9 Å². The molecule has 0 aliphatic carbocycles. The maximum absolute atomic E-state index is 13.6. The Morgan fingerprint density at radius 3 is 2.59 bits per heavy atom. The molecule has 2 rings (SSSR count). The van der Waals surface area contributed by atoms with Crippen LogP contribution in [0.15, 0.2) is 30.6 Å². The first-order chi connectivity index (χ1) is 8.11. The van der Waals surface area contributed by atoms with Crippen molar-refractivity contribution in [3.63, 3.8) is 0 Å². The van der Waals surface area contributed by atoms with Gasteiger partial charge in [0, 0.05) is 24.8 Å². The lowest BCUT2D eigenvalue weighted by molar-refractivity contribution is 0.532. The predicted molar refractivity (Wildman–Crippen MR) is 67.6 cm³/mol. The Balaban J connectivity index is 2.36. The van der Waals surface area contributed by atoms with Crippen molar-refractivity contribution in [2.45, 2.75) is 19.9 Å². The minimum Gasteiger partial charge on any atom is -0.386 e.